The minimum atomic E-state index is -0.383. The molecule has 0 saturated carbocycles. The first-order chi connectivity index (χ1) is 11.7. The molecule has 0 bridgehead atoms. The van der Waals surface area contributed by atoms with Crippen LogP contribution < -0.4 is 0 Å². The summed E-state index contributed by atoms with van der Waals surface area (Å²) in [6, 6.07) is 19.4. The fourth-order valence-corrected chi connectivity index (χ4v) is 2.97. The van der Waals surface area contributed by atoms with Gasteiger partial charge in [0.05, 0.1) is 12.4 Å². The lowest BCUT2D eigenvalue weighted by atomic mass is 10.2. The van der Waals surface area contributed by atoms with Gasteiger partial charge in [0, 0.05) is 11.4 Å². The van der Waals surface area contributed by atoms with Gasteiger partial charge in [-0.05, 0) is 24.6 Å². The molecule has 0 aromatic heterocycles. The normalized spacial score (nSPS) is 10.2. The fraction of sp³-hybridized carbons (Fsp3) is 0.263. The molecule has 1 amide bonds. The van der Waals surface area contributed by atoms with Crippen molar-refractivity contribution in [1.29, 1.82) is 0 Å². The van der Waals surface area contributed by atoms with E-state index in [-0.39, 0.29) is 24.2 Å². The molecule has 0 fully saturated rings. The lowest BCUT2D eigenvalue weighted by Gasteiger charge is -2.21. The Labute approximate surface area is 146 Å². The number of ether oxygens (including phenoxy) is 1. The van der Waals surface area contributed by atoms with Crippen molar-refractivity contribution in [3.05, 3.63) is 66.2 Å². The van der Waals surface area contributed by atoms with E-state index >= 15 is 0 Å². The standard InChI is InChI=1S/C19H21NO3S/c1-2-23-19(22)14-20(13-16-9-5-3-6-10-16)18(21)15-24-17-11-7-4-8-12-17/h3-12H,2,13-15H2,1H3. The van der Waals surface area contributed by atoms with Gasteiger partial charge in [0.1, 0.15) is 6.54 Å². The van der Waals surface area contributed by atoms with Crippen molar-refractivity contribution in [3.63, 3.8) is 0 Å². The topological polar surface area (TPSA) is 46.6 Å². The number of hydrogen-bond donors (Lipinski definition) is 0. The smallest absolute Gasteiger partial charge is 0.325 e. The van der Waals surface area contributed by atoms with Crippen molar-refractivity contribution in [2.75, 3.05) is 18.9 Å². The molecule has 4 nitrogen and oxygen atoms in total. The molecule has 0 radical (unpaired) electrons. The summed E-state index contributed by atoms with van der Waals surface area (Å²) in [5.41, 5.74) is 0.986. The molecule has 126 valence electrons. The highest BCUT2D eigenvalue weighted by molar-refractivity contribution is 8.00. The van der Waals surface area contributed by atoms with Gasteiger partial charge in [0.15, 0.2) is 0 Å². The van der Waals surface area contributed by atoms with Crippen molar-refractivity contribution in [2.24, 2.45) is 0 Å². The highest BCUT2D eigenvalue weighted by Crippen LogP contribution is 2.18. The van der Waals surface area contributed by atoms with Gasteiger partial charge >= 0.3 is 5.97 Å². The minimum absolute atomic E-state index is 0.0308. The number of carbonyl (C=O) groups is 2. The number of nitrogens with zero attached hydrogens (tertiary/aromatic N) is 1. The largest absolute Gasteiger partial charge is 0.465 e. The highest BCUT2D eigenvalue weighted by Gasteiger charge is 2.18. The lowest BCUT2D eigenvalue weighted by molar-refractivity contribution is -0.148. The van der Waals surface area contributed by atoms with E-state index in [1.54, 1.807) is 11.8 Å². The molecule has 0 aliphatic carbocycles. The van der Waals surface area contributed by atoms with Gasteiger partial charge in [-0.1, -0.05) is 48.5 Å². The van der Waals surface area contributed by atoms with Crippen LogP contribution >= 0.6 is 11.8 Å². The van der Waals surface area contributed by atoms with E-state index in [4.69, 9.17) is 4.74 Å². The van der Waals surface area contributed by atoms with Crippen LogP contribution in [0.15, 0.2) is 65.6 Å². The molecule has 2 aromatic rings. The Morgan fingerprint density at radius 3 is 2.25 bits per heavy atom. The Bertz CT molecular complexity index is 646. The van der Waals surface area contributed by atoms with Crippen LogP contribution in [0.3, 0.4) is 0 Å². The Balaban J connectivity index is 2.00. The quantitative estimate of drug-likeness (QED) is 0.545. The number of benzene rings is 2. The number of rotatable bonds is 8. The van der Waals surface area contributed by atoms with Gasteiger partial charge in [-0.25, -0.2) is 0 Å². The number of esters is 1. The van der Waals surface area contributed by atoms with E-state index in [9.17, 15) is 9.59 Å². The second-order valence-electron chi connectivity index (χ2n) is 5.14. The van der Waals surface area contributed by atoms with Crippen LogP contribution in [0.25, 0.3) is 0 Å². The van der Waals surface area contributed by atoms with Crippen LogP contribution in [0, 0.1) is 0 Å². The second-order valence-corrected chi connectivity index (χ2v) is 6.19. The molecule has 0 unspecified atom stereocenters. The number of thioether (sulfide) groups is 1. The van der Waals surface area contributed by atoms with Crippen molar-refractivity contribution in [2.45, 2.75) is 18.4 Å². The highest BCUT2D eigenvalue weighted by atomic mass is 32.2. The summed E-state index contributed by atoms with van der Waals surface area (Å²) >= 11 is 1.46. The van der Waals surface area contributed by atoms with Crippen LogP contribution in [0.4, 0.5) is 0 Å². The maximum Gasteiger partial charge on any atom is 0.325 e. The predicted octanol–water partition coefficient (Wildman–Crippen LogP) is 3.37. The van der Waals surface area contributed by atoms with Gasteiger partial charge in [-0.2, -0.15) is 0 Å². The van der Waals surface area contributed by atoms with E-state index in [0.717, 1.165) is 10.5 Å². The molecule has 24 heavy (non-hydrogen) atoms. The number of amides is 1. The van der Waals surface area contributed by atoms with Gasteiger partial charge in [-0.15, -0.1) is 11.8 Å². The maximum atomic E-state index is 12.6. The maximum absolute atomic E-state index is 12.6. The van der Waals surface area contributed by atoms with E-state index in [0.29, 0.717) is 13.2 Å². The number of hydrogen-bond acceptors (Lipinski definition) is 4. The van der Waals surface area contributed by atoms with Gasteiger partial charge in [0.2, 0.25) is 5.91 Å². The molecule has 2 rings (SSSR count). The minimum Gasteiger partial charge on any atom is -0.465 e. The molecule has 0 spiro atoms. The summed E-state index contributed by atoms with van der Waals surface area (Å²) in [6.07, 6.45) is 0. The van der Waals surface area contributed by atoms with E-state index in [2.05, 4.69) is 0 Å². The van der Waals surface area contributed by atoms with E-state index < -0.39 is 0 Å². The van der Waals surface area contributed by atoms with Crippen molar-refractivity contribution in [1.82, 2.24) is 4.90 Å². The first-order valence-corrected chi connectivity index (χ1v) is 8.82. The average molecular weight is 343 g/mol. The molecule has 0 heterocycles. The first-order valence-electron chi connectivity index (χ1n) is 7.84. The zero-order valence-electron chi connectivity index (χ0n) is 13.7. The first kappa shape index (κ1) is 18.1. The van der Waals surface area contributed by atoms with Crippen molar-refractivity contribution in [3.8, 4) is 0 Å². The Hall–Kier alpha value is -2.27. The van der Waals surface area contributed by atoms with E-state index in [1.165, 1.54) is 11.8 Å². The van der Waals surface area contributed by atoms with Crippen molar-refractivity contribution >= 4 is 23.6 Å². The zero-order valence-corrected chi connectivity index (χ0v) is 14.5. The summed E-state index contributed by atoms with van der Waals surface area (Å²) in [4.78, 5) is 26.9. The molecular formula is C19H21NO3S. The van der Waals surface area contributed by atoms with Crippen LogP contribution in [-0.2, 0) is 20.9 Å². The van der Waals surface area contributed by atoms with Crippen LogP contribution in [0.5, 0.6) is 0 Å². The third kappa shape index (κ3) is 6.08. The molecule has 0 saturated heterocycles. The lowest BCUT2D eigenvalue weighted by Crippen LogP contribution is -2.37. The molecule has 2 aromatic carbocycles. The third-order valence-electron chi connectivity index (χ3n) is 3.30. The Morgan fingerprint density at radius 1 is 1.00 bits per heavy atom. The summed E-state index contributed by atoms with van der Waals surface area (Å²) in [5, 5.41) is 0. The summed E-state index contributed by atoms with van der Waals surface area (Å²) in [5.74, 6) is -0.178. The Morgan fingerprint density at radius 2 is 1.62 bits per heavy atom. The molecule has 0 N–H and O–H groups in total. The van der Waals surface area contributed by atoms with Gasteiger partial charge < -0.3 is 9.64 Å². The zero-order chi connectivity index (χ0) is 17.2. The second kappa shape index (κ2) is 9.78. The van der Waals surface area contributed by atoms with Gasteiger partial charge in [-0.3, -0.25) is 9.59 Å². The Kier molecular flexibility index (Phi) is 7.36. The predicted molar refractivity (Wildman–Crippen MR) is 95.7 cm³/mol. The van der Waals surface area contributed by atoms with Crippen LogP contribution in [-0.4, -0.2) is 35.7 Å². The number of carbonyl (C=O) groups excluding carboxylic acids is 2. The third-order valence-corrected chi connectivity index (χ3v) is 4.30. The molecule has 0 aliphatic rings. The van der Waals surface area contributed by atoms with Crippen LogP contribution in [0.2, 0.25) is 0 Å². The van der Waals surface area contributed by atoms with Crippen molar-refractivity contribution < 1.29 is 14.3 Å². The summed E-state index contributed by atoms with van der Waals surface area (Å²) < 4.78 is 4.98. The molecular weight excluding hydrogens is 322 g/mol. The SMILES string of the molecule is CCOC(=O)CN(Cc1ccccc1)C(=O)CSc1ccccc1. The average Bonchev–Trinajstić information content (AvgIpc) is 2.61. The fourth-order valence-electron chi connectivity index (χ4n) is 2.15. The van der Waals surface area contributed by atoms with E-state index in [1.807, 2.05) is 60.7 Å². The summed E-state index contributed by atoms with van der Waals surface area (Å²) in [6.45, 7) is 2.43. The summed E-state index contributed by atoms with van der Waals surface area (Å²) in [7, 11) is 0. The van der Waals surface area contributed by atoms with Gasteiger partial charge in [0.25, 0.3) is 0 Å². The molecule has 0 aliphatic heterocycles. The monoisotopic (exact) mass is 343 g/mol. The molecule has 0 atom stereocenters. The molecule has 5 heteroatoms. The van der Waals surface area contributed by atoms with Crippen LogP contribution in [0.1, 0.15) is 12.5 Å².